The van der Waals surface area contributed by atoms with Crippen molar-refractivity contribution in [2.45, 2.75) is 40.0 Å². The maximum absolute atomic E-state index is 12.4. The summed E-state index contributed by atoms with van der Waals surface area (Å²) in [5.41, 5.74) is 1.84. The minimum Gasteiger partial charge on any atom is -0.482 e. The Bertz CT molecular complexity index is 565. The van der Waals surface area contributed by atoms with E-state index in [1.165, 1.54) is 0 Å². The SMILES string of the molecule is CCCN(CCC)C(=O)CCN1C(=O)COc2ccc(C)cc21. The smallest absolute Gasteiger partial charge is 0.265 e. The number of benzene rings is 1. The van der Waals surface area contributed by atoms with Gasteiger partial charge in [-0.05, 0) is 37.5 Å². The molecular formula is C18H26N2O3. The highest BCUT2D eigenvalue weighted by Crippen LogP contribution is 2.32. The molecular weight excluding hydrogens is 292 g/mol. The Hall–Kier alpha value is -2.04. The number of anilines is 1. The summed E-state index contributed by atoms with van der Waals surface area (Å²) in [6.07, 6.45) is 2.24. The van der Waals surface area contributed by atoms with Gasteiger partial charge in [0.1, 0.15) is 5.75 Å². The number of hydrogen-bond donors (Lipinski definition) is 0. The summed E-state index contributed by atoms with van der Waals surface area (Å²) in [6.45, 7) is 8.12. The van der Waals surface area contributed by atoms with E-state index in [4.69, 9.17) is 4.74 Å². The lowest BCUT2D eigenvalue weighted by molar-refractivity contribution is -0.131. The number of amides is 2. The molecule has 0 aliphatic carbocycles. The molecule has 0 atom stereocenters. The molecule has 5 nitrogen and oxygen atoms in total. The number of fused-ring (bicyclic) bond motifs is 1. The Morgan fingerprint density at radius 3 is 2.61 bits per heavy atom. The largest absolute Gasteiger partial charge is 0.482 e. The van der Waals surface area contributed by atoms with Gasteiger partial charge in [-0.25, -0.2) is 0 Å². The second-order valence-electron chi connectivity index (χ2n) is 5.94. The lowest BCUT2D eigenvalue weighted by Crippen LogP contribution is -2.42. The standard InChI is InChI=1S/C18H26N2O3/c1-4-9-19(10-5-2)17(21)8-11-20-15-12-14(3)6-7-16(15)23-13-18(20)22/h6-7,12H,4-5,8-11,13H2,1-3H3. The molecule has 0 saturated carbocycles. The molecule has 0 bridgehead atoms. The Morgan fingerprint density at radius 1 is 1.26 bits per heavy atom. The molecule has 1 aliphatic heterocycles. The fourth-order valence-corrected chi connectivity index (χ4v) is 2.82. The van der Waals surface area contributed by atoms with E-state index in [9.17, 15) is 9.59 Å². The Labute approximate surface area is 138 Å². The van der Waals surface area contributed by atoms with Gasteiger partial charge in [-0.3, -0.25) is 9.59 Å². The van der Waals surface area contributed by atoms with Crippen molar-refractivity contribution in [1.29, 1.82) is 0 Å². The number of nitrogens with zero attached hydrogens (tertiary/aromatic N) is 2. The third-order valence-electron chi connectivity index (χ3n) is 3.95. The third kappa shape index (κ3) is 4.24. The van der Waals surface area contributed by atoms with Crippen molar-refractivity contribution in [2.75, 3.05) is 31.1 Å². The van der Waals surface area contributed by atoms with E-state index in [1.54, 1.807) is 4.90 Å². The quantitative estimate of drug-likeness (QED) is 0.777. The summed E-state index contributed by atoms with van der Waals surface area (Å²) in [5, 5.41) is 0. The number of aryl methyl sites for hydroxylation is 1. The van der Waals surface area contributed by atoms with Gasteiger partial charge >= 0.3 is 0 Å². The summed E-state index contributed by atoms with van der Waals surface area (Å²) in [4.78, 5) is 28.2. The number of carbonyl (C=O) groups is 2. The number of rotatable bonds is 7. The van der Waals surface area contributed by atoms with E-state index < -0.39 is 0 Å². The number of hydrogen-bond acceptors (Lipinski definition) is 3. The van der Waals surface area contributed by atoms with Crippen molar-refractivity contribution in [3.63, 3.8) is 0 Å². The van der Waals surface area contributed by atoms with Crippen LogP contribution in [0.15, 0.2) is 18.2 Å². The van der Waals surface area contributed by atoms with Crippen LogP contribution >= 0.6 is 0 Å². The van der Waals surface area contributed by atoms with E-state index >= 15 is 0 Å². The van der Waals surface area contributed by atoms with Crippen molar-refractivity contribution in [1.82, 2.24) is 4.90 Å². The van der Waals surface area contributed by atoms with E-state index in [-0.39, 0.29) is 18.4 Å². The van der Waals surface area contributed by atoms with E-state index in [2.05, 4.69) is 13.8 Å². The summed E-state index contributed by atoms with van der Waals surface area (Å²) >= 11 is 0. The first-order valence-electron chi connectivity index (χ1n) is 8.38. The minimum absolute atomic E-state index is 0.0396. The summed E-state index contributed by atoms with van der Waals surface area (Å²) in [6, 6.07) is 5.78. The molecule has 0 N–H and O–H groups in total. The van der Waals surface area contributed by atoms with Crippen molar-refractivity contribution in [3.8, 4) is 5.75 Å². The van der Waals surface area contributed by atoms with Crippen LogP contribution in [0.5, 0.6) is 5.75 Å². The van der Waals surface area contributed by atoms with Crippen LogP contribution in [0.3, 0.4) is 0 Å². The Morgan fingerprint density at radius 2 is 1.96 bits per heavy atom. The topological polar surface area (TPSA) is 49.9 Å². The van der Waals surface area contributed by atoms with Crippen molar-refractivity contribution < 1.29 is 14.3 Å². The van der Waals surface area contributed by atoms with Crippen LogP contribution in [-0.4, -0.2) is 43.0 Å². The van der Waals surface area contributed by atoms with Crippen LogP contribution in [0.25, 0.3) is 0 Å². The molecule has 0 saturated heterocycles. The van der Waals surface area contributed by atoms with Crippen molar-refractivity contribution in [3.05, 3.63) is 23.8 Å². The highest BCUT2D eigenvalue weighted by atomic mass is 16.5. The van der Waals surface area contributed by atoms with Crippen LogP contribution in [0, 0.1) is 6.92 Å². The molecule has 5 heteroatoms. The second kappa shape index (κ2) is 7.99. The first-order valence-corrected chi connectivity index (χ1v) is 8.38. The fraction of sp³-hybridized carbons (Fsp3) is 0.556. The summed E-state index contributed by atoms with van der Waals surface area (Å²) in [7, 11) is 0. The molecule has 0 radical (unpaired) electrons. The molecule has 1 aromatic rings. The average molecular weight is 318 g/mol. The van der Waals surface area contributed by atoms with E-state index in [1.807, 2.05) is 30.0 Å². The highest BCUT2D eigenvalue weighted by molar-refractivity contribution is 5.98. The highest BCUT2D eigenvalue weighted by Gasteiger charge is 2.26. The second-order valence-corrected chi connectivity index (χ2v) is 5.94. The van der Waals surface area contributed by atoms with Crippen LogP contribution in [-0.2, 0) is 9.59 Å². The molecule has 0 unspecified atom stereocenters. The number of ether oxygens (including phenoxy) is 1. The molecule has 1 aromatic carbocycles. The van der Waals surface area contributed by atoms with E-state index in [0.717, 1.165) is 37.2 Å². The maximum Gasteiger partial charge on any atom is 0.265 e. The molecule has 1 heterocycles. The van der Waals surface area contributed by atoms with Crippen LogP contribution < -0.4 is 9.64 Å². The van der Waals surface area contributed by atoms with Crippen LogP contribution in [0.1, 0.15) is 38.7 Å². The van der Waals surface area contributed by atoms with Gasteiger partial charge in [0, 0.05) is 26.1 Å². The Kier molecular flexibility index (Phi) is 6.02. The van der Waals surface area contributed by atoms with Gasteiger partial charge in [-0.15, -0.1) is 0 Å². The average Bonchev–Trinajstić information content (AvgIpc) is 2.53. The third-order valence-corrected chi connectivity index (χ3v) is 3.95. The van der Waals surface area contributed by atoms with E-state index in [0.29, 0.717) is 18.7 Å². The van der Waals surface area contributed by atoms with Crippen LogP contribution in [0.4, 0.5) is 5.69 Å². The zero-order chi connectivity index (χ0) is 16.8. The zero-order valence-corrected chi connectivity index (χ0v) is 14.3. The predicted octanol–water partition coefficient (Wildman–Crippen LogP) is 2.76. The molecule has 0 aromatic heterocycles. The number of carbonyl (C=O) groups excluding carboxylic acids is 2. The zero-order valence-electron chi connectivity index (χ0n) is 14.3. The van der Waals surface area contributed by atoms with Crippen molar-refractivity contribution in [2.24, 2.45) is 0 Å². The monoisotopic (exact) mass is 318 g/mol. The fourth-order valence-electron chi connectivity index (χ4n) is 2.82. The molecule has 126 valence electrons. The molecule has 0 spiro atoms. The van der Waals surface area contributed by atoms with Gasteiger partial charge in [-0.1, -0.05) is 19.9 Å². The van der Waals surface area contributed by atoms with Gasteiger partial charge in [0.15, 0.2) is 6.61 Å². The van der Waals surface area contributed by atoms with Crippen molar-refractivity contribution >= 4 is 17.5 Å². The maximum atomic E-state index is 12.4. The summed E-state index contributed by atoms with van der Waals surface area (Å²) in [5.74, 6) is 0.734. The van der Waals surface area contributed by atoms with Gasteiger partial charge in [0.2, 0.25) is 5.91 Å². The molecule has 23 heavy (non-hydrogen) atoms. The predicted molar refractivity (Wildman–Crippen MR) is 90.8 cm³/mol. The normalized spacial score (nSPS) is 13.5. The first-order chi connectivity index (χ1) is 11.1. The van der Waals surface area contributed by atoms with Gasteiger partial charge in [0.25, 0.3) is 5.91 Å². The first kappa shape index (κ1) is 17.3. The molecule has 2 rings (SSSR count). The Balaban J connectivity index is 2.06. The summed E-state index contributed by atoms with van der Waals surface area (Å²) < 4.78 is 5.47. The van der Waals surface area contributed by atoms with Crippen LogP contribution in [0.2, 0.25) is 0 Å². The van der Waals surface area contributed by atoms with Gasteiger partial charge in [0.05, 0.1) is 5.69 Å². The lowest BCUT2D eigenvalue weighted by Gasteiger charge is -2.30. The molecule has 1 aliphatic rings. The lowest BCUT2D eigenvalue weighted by atomic mass is 10.1. The molecule has 2 amide bonds. The molecule has 0 fully saturated rings. The van der Waals surface area contributed by atoms with Gasteiger partial charge in [-0.2, -0.15) is 0 Å². The minimum atomic E-state index is -0.0894. The van der Waals surface area contributed by atoms with Gasteiger partial charge < -0.3 is 14.5 Å².